The van der Waals surface area contributed by atoms with Gasteiger partial charge in [-0.1, -0.05) is 85.8 Å². The van der Waals surface area contributed by atoms with Gasteiger partial charge in [0.2, 0.25) is 0 Å². The van der Waals surface area contributed by atoms with E-state index in [1.807, 2.05) is 0 Å². The molecule has 0 bridgehead atoms. The van der Waals surface area contributed by atoms with Crippen LogP contribution in [0.4, 0.5) is 0 Å². The fraction of sp³-hybridized carbons (Fsp3) is 0.125. The van der Waals surface area contributed by atoms with E-state index in [1.165, 1.54) is 55.3 Å². The van der Waals surface area contributed by atoms with Crippen molar-refractivity contribution in [2.45, 2.75) is 20.3 Å². The highest BCUT2D eigenvalue weighted by atomic mass is 15.0. The molecule has 33 heavy (non-hydrogen) atoms. The van der Waals surface area contributed by atoms with E-state index >= 15 is 0 Å². The minimum absolute atomic E-state index is 0.569. The molecule has 0 saturated heterocycles. The van der Waals surface area contributed by atoms with Crippen molar-refractivity contribution in [1.29, 1.82) is 0 Å². The Labute approximate surface area is 195 Å². The molecule has 0 radical (unpaired) electrons. The van der Waals surface area contributed by atoms with Crippen LogP contribution >= 0.6 is 0 Å². The fourth-order valence-electron chi connectivity index (χ4n) is 5.28. The third-order valence-electron chi connectivity index (χ3n) is 6.99. The molecule has 0 spiro atoms. The molecule has 1 aromatic heterocycles. The molecule has 1 nitrogen and oxygen atoms in total. The molecule has 1 heterocycles. The first-order chi connectivity index (χ1) is 16.2. The quantitative estimate of drug-likeness (QED) is 0.272. The van der Waals surface area contributed by atoms with E-state index in [1.54, 1.807) is 0 Å². The Morgan fingerprint density at radius 3 is 2.27 bits per heavy atom. The molecular formula is C32H27N. The molecule has 5 aromatic rings. The van der Waals surface area contributed by atoms with Crippen molar-refractivity contribution in [2.24, 2.45) is 5.92 Å². The molecule has 0 saturated carbocycles. The van der Waals surface area contributed by atoms with E-state index < -0.39 is 0 Å². The summed E-state index contributed by atoms with van der Waals surface area (Å²) in [5.74, 6) is 0.569. The fourth-order valence-corrected chi connectivity index (χ4v) is 5.28. The highest BCUT2D eigenvalue weighted by Crippen LogP contribution is 2.37. The van der Waals surface area contributed by atoms with Crippen molar-refractivity contribution in [1.82, 2.24) is 4.57 Å². The second-order valence-electron chi connectivity index (χ2n) is 9.14. The molecule has 1 heteroatoms. The first-order valence-electron chi connectivity index (χ1n) is 11.8. The van der Waals surface area contributed by atoms with E-state index in [0.717, 1.165) is 6.42 Å². The molecule has 1 aliphatic carbocycles. The van der Waals surface area contributed by atoms with Gasteiger partial charge < -0.3 is 4.57 Å². The lowest BCUT2D eigenvalue weighted by molar-refractivity contribution is 0.758. The highest BCUT2D eigenvalue weighted by molar-refractivity contribution is 6.10. The second kappa shape index (κ2) is 7.94. The Hall–Kier alpha value is -3.84. The normalized spacial score (nSPS) is 15.8. The molecule has 1 unspecified atom stereocenters. The van der Waals surface area contributed by atoms with Crippen LogP contribution in [0.3, 0.4) is 0 Å². The first-order valence-corrected chi connectivity index (χ1v) is 11.8. The van der Waals surface area contributed by atoms with Crippen molar-refractivity contribution in [3.63, 3.8) is 0 Å². The summed E-state index contributed by atoms with van der Waals surface area (Å²) in [6, 6.07) is 33.2. The van der Waals surface area contributed by atoms with Crippen LogP contribution in [0.25, 0.3) is 44.2 Å². The number of fused-ring (bicyclic) bond motifs is 3. The largest absolute Gasteiger partial charge is 0.309 e. The maximum Gasteiger partial charge on any atom is 0.0541 e. The van der Waals surface area contributed by atoms with Crippen LogP contribution in [0.2, 0.25) is 0 Å². The first kappa shape index (κ1) is 19.8. The number of benzene rings is 4. The smallest absolute Gasteiger partial charge is 0.0541 e. The Kier molecular flexibility index (Phi) is 4.77. The number of hydrogen-bond acceptors (Lipinski definition) is 0. The third kappa shape index (κ3) is 3.32. The third-order valence-corrected chi connectivity index (χ3v) is 6.99. The Morgan fingerprint density at radius 1 is 0.727 bits per heavy atom. The summed E-state index contributed by atoms with van der Waals surface area (Å²) in [7, 11) is 0. The topological polar surface area (TPSA) is 4.93 Å². The molecule has 1 aliphatic rings. The lowest BCUT2D eigenvalue weighted by atomic mass is 9.85. The van der Waals surface area contributed by atoms with Crippen LogP contribution in [0, 0.1) is 12.8 Å². The van der Waals surface area contributed by atoms with Gasteiger partial charge in [0.15, 0.2) is 0 Å². The van der Waals surface area contributed by atoms with Gasteiger partial charge in [-0.2, -0.15) is 0 Å². The Morgan fingerprint density at radius 2 is 1.45 bits per heavy atom. The SMILES string of the molecule is Cc1cc(-c2ccc3c(c2)c2ccccc2n3-c2ccccc2)ccc1C1=CC=CCC1C. The predicted octanol–water partition coefficient (Wildman–Crippen LogP) is 8.74. The molecular weight excluding hydrogens is 398 g/mol. The van der Waals surface area contributed by atoms with Crippen molar-refractivity contribution in [3.05, 3.63) is 120 Å². The van der Waals surface area contributed by atoms with E-state index in [4.69, 9.17) is 0 Å². The average molecular weight is 426 g/mol. The standard InChI is InChI=1S/C32H27N/c1-22-10-6-7-13-27(22)28-18-16-24(20-23(28)2)25-17-19-32-30(21-25)29-14-8-9-15-31(29)33(32)26-11-4-3-5-12-26/h3-9,11-22H,10H2,1-2H3. The Balaban J connectivity index is 1.50. The number of nitrogens with zero attached hydrogens (tertiary/aromatic N) is 1. The van der Waals surface area contributed by atoms with Gasteiger partial charge in [0.05, 0.1) is 11.0 Å². The predicted molar refractivity (Wildman–Crippen MR) is 142 cm³/mol. The average Bonchev–Trinajstić information content (AvgIpc) is 3.19. The number of aryl methyl sites for hydroxylation is 1. The maximum atomic E-state index is 2.37. The van der Waals surface area contributed by atoms with Gasteiger partial charge in [-0.3, -0.25) is 0 Å². The zero-order valence-corrected chi connectivity index (χ0v) is 19.1. The maximum absolute atomic E-state index is 2.37. The van der Waals surface area contributed by atoms with Crippen molar-refractivity contribution in [2.75, 3.05) is 0 Å². The van der Waals surface area contributed by atoms with E-state index in [0.29, 0.717) is 5.92 Å². The molecule has 0 fully saturated rings. The lowest BCUT2D eigenvalue weighted by Crippen LogP contribution is -2.02. The lowest BCUT2D eigenvalue weighted by Gasteiger charge is -2.20. The van der Waals surface area contributed by atoms with Crippen LogP contribution < -0.4 is 0 Å². The number of allylic oxidation sites excluding steroid dienone is 4. The zero-order chi connectivity index (χ0) is 22.4. The summed E-state index contributed by atoms with van der Waals surface area (Å²) in [6.07, 6.45) is 7.86. The summed E-state index contributed by atoms with van der Waals surface area (Å²) in [6.45, 7) is 4.56. The number of para-hydroxylation sites is 2. The minimum Gasteiger partial charge on any atom is -0.309 e. The van der Waals surface area contributed by atoms with Crippen LogP contribution in [0.1, 0.15) is 24.5 Å². The van der Waals surface area contributed by atoms with Crippen LogP contribution in [0.15, 0.2) is 109 Å². The van der Waals surface area contributed by atoms with E-state index in [2.05, 4.69) is 128 Å². The summed E-state index contributed by atoms with van der Waals surface area (Å²) < 4.78 is 2.37. The molecule has 4 aromatic carbocycles. The molecule has 6 rings (SSSR count). The van der Waals surface area contributed by atoms with Crippen LogP contribution in [-0.2, 0) is 0 Å². The van der Waals surface area contributed by atoms with Gasteiger partial charge in [0.25, 0.3) is 0 Å². The van der Waals surface area contributed by atoms with Gasteiger partial charge in [-0.05, 0) is 77.4 Å². The van der Waals surface area contributed by atoms with Gasteiger partial charge in [0.1, 0.15) is 0 Å². The van der Waals surface area contributed by atoms with E-state index in [9.17, 15) is 0 Å². The highest BCUT2D eigenvalue weighted by Gasteiger charge is 2.16. The summed E-state index contributed by atoms with van der Waals surface area (Å²) in [4.78, 5) is 0. The Bertz CT molecular complexity index is 1550. The summed E-state index contributed by atoms with van der Waals surface area (Å²) >= 11 is 0. The summed E-state index contributed by atoms with van der Waals surface area (Å²) in [5.41, 5.74) is 10.4. The monoisotopic (exact) mass is 425 g/mol. The molecule has 0 amide bonds. The zero-order valence-electron chi connectivity index (χ0n) is 19.1. The van der Waals surface area contributed by atoms with Gasteiger partial charge in [-0.15, -0.1) is 0 Å². The van der Waals surface area contributed by atoms with Crippen LogP contribution in [-0.4, -0.2) is 4.57 Å². The minimum atomic E-state index is 0.569. The van der Waals surface area contributed by atoms with Crippen molar-refractivity contribution in [3.8, 4) is 16.8 Å². The molecule has 1 atom stereocenters. The van der Waals surface area contributed by atoms with Crippen LogP contribution in [0.5, 0.6) is 0 Å². The van der Waals surface area contributed by atoms with Gasteiger partial charge >= 0.3 is 0 Å². The number of aromatic nitrogens is 1. The second-order valence-corrected chi connectivity index (χ2v) is 9.14. The van der Waals surface area contributed by atoms with Crippen molar-refractivity contribution < 1.29 is 0 Å². The number of rotatable bonds is 3. The number of hydrogen-bond donors (Lipinski definition) is 0. The molecule has 160 valence electrons. The van der Waals surface area contributed by atoms with Gasteiger partial charge in [-0.25, -0.2) is 0 Å². The van der Waals surface area contributed by atoms with E-state index in [-0.39, 0.29) is 0 Å². The van der Waals surface area contributed by atoms with Crippen molar-refractivity contribution >= 4 is 27.4 Å². The molecule has 0 N–H and O–H groups in total. The summed E-state index contributed by atoms with van der Waals surface area (Å²) in [5, 5.41) is 2.59. The van der Waals surface area contributed by atoms with Gasteiger partial charge in [0, 0.05) is 16.5 Å². The molecule has 0 aliphatic heterocycles.